The predicted octanol–water partition coefficient (Wildman–Crippen LogP) is 5.48. The number of ether oxygens (including phenoxy) is 3. The van der Waals surface area contributed by atoms with Crippen LogP contribution in [-0.4, -0.2) is 33.8 Å². The van der Waals surface area contributed by atoms with E-state index in [0.717, 1.165) is 26.2 Å². The Labute approximate surface area is 193 Å². The van der Waals surface area contributed by atoms with Crippen LogP contribution in [0.3, 0.4) is 0 Å². The number of anilines is 1. The van der Waals surface area contributed by atoms with Gasteiger partial charge in [-0.3, -0.25) is 4.79 Å². The van der Waals surface area contributed by atoms with Crippen LogP contribution < -0.4 is 19.1 Å². The van der Waals surface area contributed by atoms with Gasteiger partial charge in [-0.1, -0.05) is 30.0 Å². The number of thioether (sulfide) groups is 1. The van der Waals surface area contributed by atoms with Crippen molar-refractivity contribution in [2.75, 3.05) is 32.8 Å². The van der Waals surface area contributed by atoms with Gasteiger partial charge in [-0.25, -0.2) is 4.39 Å². The van der Waals surface area contributed by atoms with Gasteiger partial charge in [0.05, 0.1) is 32.6 Å². The first-order valence-electron chi connectivity index (χ1n) is 9.61. The zero-order valence-corrected chi connectivity index (χ0v) is 19.9. The number of hydrogen-bond acceptors (Lipinski definition) is 5. The fourth-order valence-corrected chi connectivity index (χ4v) is 5.95. The quantitative estimate of drug-likeness (QED) is 0.538. The number of likely N-dealkylation sites (N-methyl/N-ethyl adjacent to an activating group) is 1. The van der Waals surface area contributed by atoms with Gasteiger partial charge in [-0.2, -0.15) is 0 Å². The number of nitrogens with zero attached hydrogens (tertiary/aromatic N) is 1. The van der Waals surface area contributed by atoms with Crippen molar-refractivity contribution in [1.82, 2.24) is 0 Å². The lowest BCUT2D eigenvalue weighted by atomic mass is 9.97. The molecule has 31 heavy (non-hydrogen) atoms. The molecule has 0 aliphatic carbocycles. The number of amides is 1. The summed E-state index contributed by atoms with van der Waals surface area (Å²) < 4.78 is 29.9. The number of fused-ring (bicyclic) bond motifs is 2. The number of rotatable bonds is 5. The van der Waals surface area contributed by atoms with Gasteiger partial charge >= 0.3 is 0 Å². The Kier molecular flexibility index (Phi) is 5.79. The van der Waals surface area contributed by atoms with Gasteiger partial charge in [0.2, 0.25) is 5.75 Å². The zero-order valence-electron chi connectivity index (χ0n) is 17.5. The molecule has 0 saturated carbocycles. The second-order valence-electron chi connectivity index (χ2n) is 6.95. The second kappa shape index (κ2) is 8.24. The lowest BCUT2D eigenvalue weighted by molar-refractivity contribution is -0.119. The van der Waals surface area contributed by atoms with E-state index >= 15 is 0 Å². The molecule has 5 nitrogen and oxygen atoms in total. The standard InChI is InChI=1S/C23H21BrFNO4S/c1-5-26-15-12-16(28-2)20(29-3)21(30-4)18(15)23(22(26)27)11-10-17(31-23)19(24)13-6-8-14(25)9-7-13/h6-12H,5H2,1-4H3/b19-17-. The van der Waals surface area contributed by atoms with Crippen molar-refractivity contribution >= 4 is 43.8 Å². The highest BCUT2D eigenvalue weighted by Gasteiger charge is 2.55. The molecule has 162 valence electrons. The van der Waals surface area contributed by atoms with Crippen LogP contribution in [0, 0.1) is 5.82 Å². The van der Waals surface area contributed by atoms with Crippen LogP contribution >= 0.6 is 27.7 Å². The number of allylic oxidation sites excluding steroid dienone is 1. The van der Waals surface area contributed by atoms with Gasteiger partial charge in [0.25, 0.3) is 5.91 Å². The summed E-state index contributed by atoms with van der Waals surface area (Å²) in [7, 11) is 4.65. The highest BCUT2D eigenvalue weighted by Crippen LogP contribution is 2.63. The average Bonchev–Trinajstić information content (AvgIpc) is 3.33. The number of methoxy groups -OCH3 is 3. The molecule has 1 spiro atoms. The summed E-state index contributed by atoms with van der Waals surface area (Å²) in [6, 6.07) is 8.03. The van der Waals surface area contributed by atoms with E-state index in [1.165, 1.54) is 23.9 Å². The molecule has 4 rings (SSSR count). The van der Waals surface area contributed by atoms with Crippen LogP contribution in [0.25, 0.3) is 4.48 Å². The lowest BCUT2D eigenvalue weighted by Crippen LogP contribution is -2.35. The molecule has 1 unspecified atom stereocenters. The number of carbonyl (C=O) groups is 1. The molecule has 1 atom stereocenters. The minimum Gasteiger partial charge on any atom is -0.493 e. The van der Waals surface area contributed by atoms with Crippen molar-refractivity contribution in [2.24, 2.45) is 0 Å². The molecule has 0 fully saturated rings. The predicted molar refractivity (Wildman–Crippen MR) is 125 cm³/mol. The van der Waals surface area contributed by atoms with Gasteiger partial charge < -0.3 is 19.1 Å². The molecular weight excluding hydrogens is 485 g/mol. The molecule has 2 aromatic carbocycles. The van der Waals surface area contributed by atoms with E-state index in [2.05, 4.69) is 15.9 Å². The first kappa shape index (κ1) is 21.8. The molecule has 2 aliphatic rings. The maximum absolute atomic E-state index is 13.7. The van der Waals surface area contributed by atoms with Crippen LogP contribution in [0.1, 0.15) is 18.1 Å². The fourth-order valence-electron chi connectivity index (χ4n) is 3.99. The molecule has 0 aromatic heterocycles. The summed E-state index contributed by atoms with van der Waals surface area (Å²) in [6.07, 6.45) is 3.80. The third kappa shape index (κ3) is 3.24. The fraction of sp³-hybridized carbons (Fsp3) is 0.261. The second-order valence-corrected chi connectivity index (χ2v) is 9.03. The molecule has 0 radical (unpaired) electrons. The van der Waals surface area contributed by atoms with Crippen molar-refractivity contribution in [3.05, 3.63) is 64.3 Å². The number of halogens is 2. The molecule has 0 bridgehead atoms. The summed E-state index contributed by atoms with van der Waals surface area (Å²) in [5, 5.41) is 0. The van der Waals surface area contributed by atoms with Crippen LogP contribution in [0.4, 0.5) is 10.1 Å². The molecular formula is C23H21BrFNO4S. The molecule has 0 N–H and O–H groups in total. The highest BCUT2D eigenvalue weighted by molar-refractivity contribution is 9.15. The molecule has 0 saturated heterocycles. The first-order chi connectivity index (χ1) is 14.9. The molecule has 2 aromatic rings. The summed E-state index contributed by atoms with van der Waals surface area (Å²) >= 11 is 5.05. The maximum Gasteiger partial charge on any atom is 0.252 e. The summed E-state index contributed by atoms with van der Waals surface area (Å²) in [6.45, 7) is 2.43. The highest BCUT2D eigenvalue weighted by atomic mass is 79.9. The van der Waals surface area contributed by atoms with E-state index in [-0.39, 0.29) is 11.7 Å². The molecule has 1 amide bonds. The monoisotopic (exact) mass is 505 g/mol. The van der Waals surface area contributed by atoms with Crippen LogP contribution in [0.2, 0.25) is 0 Å². The summed E-state index contributed by atoms with van der Waals surface area (Å²) in [5.74, 6) is 1.05. The van der Waals surface area contributed by atoms with E-state index in [9.17, 15) is 9.18 Å². The zero-order chi connectivity index (χ0) is 22.3. The Morgan fingerprint density at radius 2 is 1.81 bits per heavy atom. The van der Waals surface area contributed by atoms with E-state index in [1.807, 2.05) is 25.1 Å². The lowest BCUT2D eigenvalue weighted by Gasteiger charge is -2.23. The van der Waals surface area contributed by atoms with Crippen LogP contribution in [0.15, 0.2) is 47.4 Å². The smallest absolute Gasteiger partial charge is 0.252 e. The minimum absolute atomic E-state index is 0.0609. The Hall–Kier alpha value is -2.45. The van der Waals surface area contributed by atoms with Gasteiger partial charge in [0.1, 0.15) is 10.6 Å². The van der Waals surface area contributed by atoms with Gasteiger partial charge in [-0.15, -0.1) is 0 Å². The van der Waals surface area contributed by atoms with Crippen molar-refractivity contribution < 1.29 is 23.4 Å². The normalized spacial score (nSPS) is 21.0. The van der Waals surface area contributed by atoms with E-state index in [4.69, 9.17) is 14.2 Å². The van der Waals surface area contributed by atoms with Crippen molar-refractivity contribution in [3.8, 4) is 17.2 Å². The maximum atomic E-state index is 13.7. The third-order valence-corrected chi connectivity index (χ3v) is 7.95. The van der Waals surface area contributed by atoms with Crippen LogP contribution in [-0.2, 0) is 9.54 Å². The van der Waals surface area contributed by atoms with Crippen molar-refractivity contribution in [1.29, 1.82) is 0 Å². The summed E-state index contributed by atoms with van der Waals surface area (Å²) in [4.78, 5) is 16.3. The van der Waals surface area contributed by atoms with Crippen molar-refractivity contribution in [3.63, 3.8) is 0 Å². The number of hydrogen-bond donors (Lipinski definition) is 0. The van der Waals surface area contributed by atoms with Gasteiger partial charge in [-0.05, 0) is 46.6 Å². The van der Waals surface area contributed by atoms with Gasteiger partial charge in [0, 0.05) is 22.0 Å². The Balaban J connectivity index is 1.90. The largest absolute Gasteiger partial charge is 0.493 e. The van der Waals surface area contributed by atoms with E-state index in [0.29, 0.717) is 23.8 Å². The van der Waals surface area contributed by atoms with Crippen LogP contribution in [0.5, 0.6) is 17.2 Å². The average molecular weight is 506 g/mol. The summed E-state index contributed by atoms with van der Waals surface area (Å²) in [5.41, 5.74) is 2.29. The SMILES string of the molecule is CCN1C(=O)C2(C=C/C(=C(/Br)c3ccc(F)cc3)S2)c2c1cc(OC)c(OC)c2OC. The Morgan fingerprint density at radius 3 is 2.39 bits per heavy atom. The molecule has 2 heterocycles. The molecule has 8 heteroatoms. The first-order valence-corrected chi connectivity index (χ1v) is 11.2. The van der Waals surface area contributed by atoms with Crippen molar-refractivity contribution in [2.45, 2.75) is 11.7 Å². The molecule has 2 aliphatic heterocycles. The Morgan fingerprint density at radius 1 is 1.13 bits per heavy atom. The topological polar surface area (TPSA) is 48.0 Å². The number of benzene rings is 2. The minimum atomic E-state index is -0.995. The number of carbonyl (C=O) groups excluding carboxylic acids is 1. The van der Waals surface area contributed by atoms with E-state index in [1.54, 1.807) is 38.4 Å². The van der Waals surface area contributed by atoms with E-state index < -0.39 is 4.75 Å². The Bertz CT molecular complexity index is 1120. The van der Waals surface area contributed by atoms with Gasteiger partial charge in [0.15, 0.2) is 11.5 Å². The third-order valence-electron chi connectivity index (χ3n) is 5.40.